The van der Waals surface area contributed by atoms with E-state index in [2.05, 4.69) is 27.8 Å². The van der Waals surface area contributed by atoms with E-state index < -0.39 is 0 Å². The Labute approximate surface area is 93.3 Å². The fourth-order valence-electron chi connectivity index (χ4n) is 1.07. The predicted molar refractivity (Wildman–Crippen MR) is 61.3 cm³/mol. The van der Waals surface area contributed by atoms with E-state index in [0.717, 1.165) is 19.3 Å². The minimum absolute atomic E-state index is 0.134. The molecule has 0 spiro atoms. The first kappa shape index (κ1) is 11.9. The molecule has 1 aromatic heterocycles. The third kappa shape index (κ3) is 3.83. The van der Waals surface area contributed by atoms with E-state index in [1.165, 1.54) is 11.3 Å². The van der Waals surface area contributed by atoms with Gasteiger partial charge in [0.25, 0.3) is 5.91 Å². The van der Waals surface area contributed by atoms with Crippen molar-refractivity contribution in [3.63, 3.8) is 0 Å². The molecule has 1 amide bonds. The van der Waals surface area contributed by atoms with Gasteiger partial charge in [-0.3, -0.25) is 4.79 Å². The molecule has 0 aliphatic rings. The van der Waals surface area contributed by atoms with Crippen LogP contribution in [0, 0.1) is 0 Å². The first-order valence-electron chi connectivity index (χ1n) is 5.07. The molecule has 1 aromatic rings. The average molecular weight is 228 g/mol. The van der Waals surface area contributed by atoms with Gasteiger partial charge in [0, 0.05) is 13.6 Å². The van der Waals surface area contributed by atoms with Crippen LogP contribution in [0.4, 0.5) is 5.13 Å². The summed E-state index contributed by atoms with van der Waals surface area (Å²) in [7, 11) is 1.75. The standard InChI is InChI=1S/C9H16N4OS/c1-3-4-5-6-11-7(14)8-12-13-9(10-2)15-8/h3-6H2,1-2H3,(H,10,13)(H,11,14). The molecule has 15 heavy (non-hydrogen) atoms. The van der Waals surface area contributed by atoms with E-state index in [1.807, 2.05) is 0 Å². The van der Waals surface area contributed by atoms with Crippen LogP contribution in [0.5, 0.6) is 0 Å². The van der Waals surface area contributed by atoms with Crippen LogP contribution in [-0.4, -0.2) is 29.7 Å². The van der Waals surface area contributed by atoms with Crippen LogP contribution in [0.1, 0.15) is 36.0 Å². The predicted octanol–water partition coefficient (Wildman–Crippen LogP) is 1.50. The molecule has 0 saturated carbocycles. The zero-order valence-corrected chi connectivity index (χ0v) is 9.86. The van der Waals surface area contributed by atoms with Gasteiger partial charge in [-0.15, -0.1) is 10.2 Å². The van der Waals surface area contributed by atoms with E-state index >= 15 is 0 Å². The number of hydrogen-bond donors (Lipinski definition) is 2. The molecular formula is C9H16N4OS. The van der Waals surface area contributed by atoms with Crippen LogP contribution in [0.3, 0.4) is 0 Å². The molecular weight excluding hydrogens is 212 g/mol. The Bertz CT molecular complexity index is 313. The normalized spacial score (nSPS) is 10.0. The minimum atomic E-state index is -0.134. The fourth-order valence-corrected chi connectivity index (χ4v) is 1.68. The molecule has 0 atom stereocenters. The number of anilines is 1. The molecule has 0 radical (unpaired) electrons. The maximum Gasteiger partial charge on any atom is 0.282 e. The number of nitrogens with zero attached hydrogens (tertiary/aromatic N) is 2. The Balaban J connectivity index is 2.33. The molecule has 84 valence electrons. The summed E-state index contributed by atoms with van der Waals surface area (Å²) in [6, 6.07) is 0. The van der Waals surface area contributed by atoms with Crippen molar-refractivity contribution in [1.29, 1.82) is 0 Å². The Morgan fingerprint density at radius 2 is 2.20 bits per heavy atom. The molecule has 6 heteroatoms. The lowest BCUT2D eigenvalue weighted by atomic mass is 10.2. The lowest BCUT2D eigenvalue weighted by molar-refractivity contribution is 0.0952. The van der Waals surface area contributed by atoms with Crippen LogP contribution in [0.15, 0.2) is 0 Å². The molecule has 2 N–H and O–H groups in total. The van der Waals surface area contributed by atoms with E-state index in [1.54, 1.807) is 7.05 Å². The second-order valence-electron chi connectivity index (χ2n) is 3.13. The maximum atomic E-state index is 11.5. The largest absolute Gasteiger partial charge is 0.363 e. The number of carbonyl (C=O) groups excluding carboxylic acids is 1. The lowest BCUT2D eigenvalue weighted by Crippen LogP contribution is -2.24. The van der Waals surface area contributed by atoms with Crippen molar-refractivity contribution in [2.75, 3.05) is 18.9 Å². The van der Waals surface area contributed by atoms with Gasteiger partial charge < -0.3 is 10.6 Å². The van der Waals surface area contributed by atoms with Gasteiger partial charge in [-0.1, -0.05) is 31.1 Å². The summed E-state index contributed by atoms with van der Waals surface area (Å²) in [5, 5.41) is 14.3. The summed E-state index contributed by atoms with van der Waals surface area (Å²) in [5.74, 6) is -0.134. The molecule has 0 aliphatic carbocycles. The van der Waals surface area contributed by atoms with Crippen molar-refractivity contribution in [3.8, 4) is 0 Å². The topological polar surface area (TPSA) is 66.9 Å². The van der Waals surface area contributed by atoms with Crippen LogP contribution < -0.4 is 10.6 Å². The van der Waals surface area contributed by atoms with E-state index in [-0.39, 0.29) is 5.91 Å². The molecule has 0 fully saturated rings. The summed E-state index contributed by atoms with van der Waals surface area (Å²) >= 11 is 1.26. The molecule has 0 unspecified atom stereocenters. The third-order valence-corrected chi connectivity index (χ3v) is 2.84. The van der Waals surface area contributed by atoms with Crippen LogP contribution in [0.2, 0.25) is 0 Å². The monoisotopic (exact) mass is 228 g/mol. The van der Waals surface area contributed by atoms with E-state index in [9.17, 15) is 4.79 Å². The zero-order valence-electron chi connectivity index (χ0n) is 9.04. The number of hydrogen-bond acceptors (Lipinski definition) is 5. The van der Waals surface area contributed by atoms with Crippen LogP contribution in [0.25, 0.3) is 0 Å². The van der Waals surface area contributed by atoms with Crippen molar-refractivity contribution < 1.29 is 4.79 Å². The number of carbonyl (C=O) groups is 1. The van der Waals surface area contributed by atoms with Crippen molar-refractivity contribution in [2.24, 2.45) is 0 Å². The van der Waals surface area contributed by atoms with Crippen molar-refractivity contribution in [2.45, 2.75) is 26.2 Å². The summed E-state index contributed by atoms with van der Waals surface area (Å²) in [6.07, 6.45) is 3.30. The molecule has 0 saturated heterocycles. The molecule has 0 bridgehead atoms. The smallest absolute Gasteiger partial charge is 0.282 e. The van der Waals surface area contributed by atoms with Gasteiger partial charge in [-0.25, -0.2) is 0 Å². The number of unbranched alkanes of at least 4 members (excludes halogenated alkanes) is 2. The van der Waals surface area contributed by atoms with Gasteiger partial charge in [0.15, 0.2) is 0 Å². The zero-order chi connectivity index (χ0) is 11.1. The maximum absolute atomic E-state index is 11.5. The van der Waals surface area contributed by atoms with Gasteiger partial charge in [0.05, 0.1) is 0 Å². The molecule has 5 nitrogen and oxygen atoms in total. The molecule has 0 aliphatic heterocycles. The first-order valence-corrected chi connectivity index (χ1v) is 5.89. The lowest BCUT2D eigenvalue weighted by Gasteiger charge is -2.00. The van der Waals surface area contributed by atoms with Gasteiger partial charge in [-0.2, -0.15) is 0 Å². The van der Waals surface area contributed by atoms with Crippen LogP contribution in [-0.2, 0) is 0 Å². The van der Waals surface area contributed by atoms with Gasteiger partial charge in [0.1, 0.15) is 0 Å². The van der Waals surface area contributed by atoms with Crippen LogP contribution >= 0.6 is 11.3 Å². The highest BCUT2D eigenvalue weighted by Crippen LogP contribution is 2.13. The van der Waals surface area contributed by atoms with Gasteiger partial charge >= 0.3 is 0 Å². The Hall–Kier alpha value is -1.17. The molecule has 1 heterocycles. The average Bonchev–Trinajstić information content (AvgIpc) is 2.72. The third-order valence-electron chi connectivity index (χ3n) is 1.90. The highest BCUT2D eigenvalue weighted by Gasteiger charge is 2.10. The Morgan fingerprint density at radius 1 is 1.40 bits per heavy atom. The van der Waals surface area contributed by atoms with Crippen molar-refractivity contribution >= 4 is 22.4 Å². The van der Waals surface area contributed by atoms with Crippen molar-refractivity contribution in [1.82, 2.24) is 15.5 Å². The second-order valence-corrected chi connectivity index (χ2v) is 4.10. The van der Waals surface area contributed by atoms with Gasteiger partial charge in [-0.05, 0) is 6.42 Å². The molecule has 1 rings (SSSR count). The van der Waals surface area contributed by atoms with Gasteiger partial charge in [0.2, 0.25) is 10.1 Å². The number of amides is 1. The highest BCUT2D eigenvalue weighted by atomic mass is 32.1. The highest BCUT2D eigenvalue weighted by molar-refractivity contribution is 7.17. The van der Waals surface area contributed by atoms with Crippen molar-refractivity contribution in [3.05, 3.63) is 5.01 Å². The first-order chi connectivity index (χ1) is 7.27. The fraction of sp³-hybridized carbons (Fsp3) is 0.667. The number of aromatic nitrogens is 2. The Kier molecular flexibility index (Phi) is 5.03. The SMILES string of the molecule is CCCCCNC(=O)c1nnc(NC)s1. The summed E-state index contributed by atoms with van der Waals surface area (Å²) in [5.41, 5.74) is 0. The molecule has 0 aromatic carbocycles. The summed E-state index contributed by atoms with van der Waals surface area (Å²) < 4.78 is 0. The Morgan fingerprint density at radius 3 is 2.80 bits per heavy atom. The van der Waals surface area contributed by atoms with E-state index in [4.69, 9.17) is 0 Å². The summed E-state index contributed by atoms with van der Waals surface area (Å²) in [4.78, 5) is 11.5. The quantitative estimate of drug-likeness (QED) is 0.724. The summed E-state index contributed by atoms with van der Waals surface area (Å²) in [6.45, 7) is 2.84. The number of nitrogens with one attached hydrogen (secondary N) is 2. The van der Waals surface area contributed by atoms with E-state index in [0.29, 0.717) is 16.7 Å². The minimum Gasteiger partial charge on any atom is -0.363 e. The number of rotatable bonds is 6. The second kappa shape index (κ2) is 6.34.